The van der Waals surface area contributed by atoms with E-state index in [9.17, 15) is 0 Å². The Balaban J connectivity index is 2.33. The van der Waals surface area contributed by atoms with Gasteiger partial charge in [-0.25, -0.2) is 4.98 Å². The fourth-order valence-corrected chi connectivity index (χ4v) is 1.00. The Hall–Kier alpha value is -1.25. The van der Waals surface area contributed by atoms with Crippen LogP contribution in [0.3, 0.4) is 0 Å². The maximum Gasteiger partial charge on any atom is 0.256 e. The summed E-state index contributed by atoms with van der Waals surface area (Å²) in [6, 6.07) is 3.71. The summed E-state index contributed by atoms with van der Waals surface area (Å²) in [5.74, 6) is 1.37. The Bertz CT molecular complexity index is 225. The summed E-state index contributed by atoms with van der Waals surface area (Å²) in [7, 11) is 0. The van der Waals surface area contributed by atoms with Gasteiger partial charge < -0.3 is 9.47 Å². The summed E-state index contributed by atoms with van der Waals surface area (Å²) in [4.78, 5) is 4.03. The smallest absolute Gasteiger partial charge is 0.256 e. The molecule has 0 unspecified atom stereocenters. The van der Waals surface area contributed by atoms with Crippen molar-refractivity contribution in [3.8, 4) is 11.6 Å². The minimum atomic E-state index is 0.616. The first-order valence-electron chi connectivity index (χ1n) is 3.67. The molecule has 0 N–H and O–H groups in total. The van der Waals surface area contributed by atoms with Crippen molar-refractivity contribution in [3.05, 3.63) is 18.3 Å². The predicted octanol–water partition coefficient (Wildman–Crippen LogP) is 1.24. The number of ether oxygens (including phenoxy) is 2. The number of hydrogen-bond acceptors (Lipinski definition) is 3. The van der Waals surface area contributed by atoms with E-state index in [4.69, 9.17) is 9.47 Å². The Morgan fingerprint density at radius 1 is 1.27 bits per heavy atom. The second-order valence-electron chi connectivity index (χ2n) is 2.36. The van der Waals surface area contributed by atoms with Crippen LogP contribution < -0.4 is 9.47 Å². The van der Waals surface area contributed by atoms with Gasteiger partial charge in [0.15, 0.2) is 5.75 Å². The monoisotopic (exact) mass is 151 g/mol. The van der Waals surface area contributed by atoms with Gasteiger partial charge in [-0.3, -0.25) is 0 Å². The zero-order valence-electron chi connectivity index (χ0n) is 6.12. The Kier molecular flexibility index (Phi) is 1.63. The highest BCUT2D eigenvalue weighted by atomic mass is 16.5. The third-order valence-electron chi connectivity index (χ3n) is 1.52. The molecule has 2 heterocycles. The average molecular weight is 151 g/mol. The number of pyridine rings is 1. The maximum atomic E-state index is 5.36. The summed E-state index contributed by atoms with van der Waals surface area (Å²) in [6.45, 7) is 1.42. The fraction of sp³-hybridized carbons (Fsp3) is 0.375. The van der Waals surface area contributed by atoms with Crippen molar-refractivity contribution < 1.29 is 9.47 Å². The van der Waals surface area contributed by atoms with Gasteiger partial charge in [-0.1, -0.05) is 0 Å². The molecule has 0 aliphatic carbocycles. The lowest BCUT2D eigenvalue weighted by Crippen LogP contribution is -1.97. The Morgan fingerprint density at radius 2 is 2.18 bits per heavy atom. The van der Waals surface area contributed by atoms with E-state index in [1.807, 2.05) is 12.1 Å². The molecule has 2 rings (SSSR count). The summed E-state index contributed by atoms with van der Waals surface area (Å²) in [5.41, 5.74) is 0. The highest BCUT2D eigenvalue weighted by Crippen LogP contribution is 2.25. The summed E-state index contributed by atoms with van der Waals surface area (Å²) < 4.78 is 10.7. The maximum absolute atomic E-state index is 5.36. The van der Waals surface area contributed by atoms with Crippen molar-refractivity contribution in [1.29, 1.82) is 0 Å². The first-order valence-corrected chi connectivity index (χ1v) is 3.67. The lowest BCUT2D eigenvalue weighted by atomic mass is 10.4. The molecular weight excluding hydrogens is 142 g/mol. The molecule has 0 aromatic carbocycles. The van der Waals surface area contributed by atoms with Gasteiger partial charge >= 0.3 is 0 Å². The molecule has 0 spiro atoms. The van der Waals surface area contributed by atoms with Gasteiger partial charge in [0.05, 0.1) is 13.2 Å². The van der Waals surface area contributed by atoms with Gasteiger partial charge in [-0.15, -0.1) is 0 Å². The third-order valence-corrected chi connectivity index (χ3v) is 1.52. The largest absolute Gasteiger partial charge is 0.488 e. The van der Waals surface area contributed by atoms with Crippen molar-refractivity contribution in [2.75, 3.05) is 13.2 Å². The first kappa shape index (κ1) is 6.46. The fourth-order valence-electron chi connectivity index (χ4n) is 1.00. The molecule has 0 atom stereocenters. The molecule has 0 saturated carbocycles. The molecule has 3 heteroatoms. The highest BCUT2D eigenvalue weighted by molar-refractivity contribution is 5.32. The van der Waals surface area contributed by atoms with Gasteiger partial charge in [0, 0.05) is 12.6 Å². The quantitative estimate of drug-likeness (QED) is 0.559. The molecule has 1 aliphatic heterocycles. The molecule has 0 amide bonds. The van der Waals surface area contributed by atoms with Crippen molar-refractivity contribution in [2.24, 2.45) is 0 Å². The number of fused-ring (bicyclic) bond motifs is 1. The van der Waals surface area contributed by atoms with Crippen molar-refractivity contribution >= 4 is 0 Å². The first-order chi connectivity index (χ1) is 5.47. The van der Waals surface area contributed by atoms with Gasteiger partial charge in [0.25, 0.3) is 5.88 Å². The van der Waals surface area contributed by atoms with Crippen LogP contribution in [0.5, 0.6) is 11.6 Å². The molecular formula is C8H9NO2. The molecule has 58 valence electrons. The lowest BCUT2D eigenvalue weighted by Gasteiger charge is -2.02. The molecule has 0 fully saturated rings. The van der Waals surface area contributed by atoms with Crippen LogP contribution in [0.4, 0.5) is 0 Å². The molecule has 1 aliphatic rings. The number of aromatic nitrogens is 1. The minimum Gasteiger partial charge on any atom is -0.488 e. The molecule has 0 radical (unpaired) electrons. The van der Waals surface area contributed by atoms with E-state index in [1.54, 1.807) is 6.20 Å². The van der Waals surface area contributed by atoms with Gasteiger partial charge in [0.2, 0.25) is 0 Å². The van der Waals surface area contributed by atoms with Crippen LogP contribution in [0.25, 0.3) is 0 Å². The molecule has 0 bridgehead atoms. The molecule has 1 aromatic rings. The second kappa shape index (κ2) is 2.78. The van der Waals surface area contributed by atoms with Crippen LogP contribution >= 0.6 is 0 Å². The van der Waals surface area contributed by atoms with Crippen LogP contribution in [-0.4, -0.2) is 18.2 Å². The van der Waals surface area contributed by atoms with E-state index in [0.29, 0.717) is 12.5 Å². The molecule has 0 saturated heterocycles. The topological polar surface area (TPSA) is 31.4 Å². The normalized spacial score (nSPS) is 15.6. The van der Waals surface area contributed by atoms with Crippen molar-refractivity contribution in [2.45, 2.75) is 6.42 Å². The molecule has 1 aromatic heterocycles. The van der Waals surface area contributed by atoms with E-state index in [-0.39, 0.29) is 0 Å². The zero-order valence-corrected chi connectivity index (χ0v) is 6.12. The van der Waals surface area contributed by atoms with Crippen LogP contribution in [0.1, 0.15) is 6.42 Å². The Labute approximate surface area is 65.0 Å². The number of nitrogens with zero attached hydrogens (tertiary/aromatic N) is 1. The van der Waals surface area contributed by atoms with Crippen LogP contribution in [0.2, 0.25) is 0 Å². The van der Waals surface area contributed by atoms with E-state index < -0.39 is 0 Å². The number of rotatable bonds is 0. The van der Waals surface area contributed by atoms with E-state index >= 15 is 0 Å². The predicted molar refractivity (Wildman–Crippen MR) is 39.8 cm³/mol. The van der Waals surface area contributed by atoms with Crippen molar-refractivity contribution in [1.82, 2.24) is 4.98 Å². The van der Waals surface area contributed by atoms with Crippen LogP contribution in [0, 0.1) is 0 Å². The molecule has 3 nitrogen and oxygen atoms in total. The van der Waals surface area contributed by atoms with E-state index in [0.717, 1.165) is 18.8 Å². The molecule has 11 heavy (non-hydrogen) atoms. The second-order valence-corrected chi connectivity index (χ2v) is 2.36. The third kappa shape index (κ3) is 1.27. The standard InChI is InChI=1S/C8H9NO2/c1-3-7-8(9-4-1)11-6-2-5-10-7/h1,3-4H,2,5-6H2. The zero-order chi connectivity index (χ0) is 7.52. The minimum absolute atomic E-state index is 0.616. The SMILES string of the molecule is c1cnc2c(c1)OCCCO2. The van der Waals surface area contributed by atoms with Gasteiger partial charge in [-0.05, 0) is 12.1 Å². The van der Waals surface area contributed by atoms with Crippen LogP contribution in [-0.2, 0) is 0 Å². The Morgan fingerprint density at radius 3 is 3.18 bits per heavy atom. The lowest BCUT2D eigenvalue weighted by molar-refractivity contribution is 0.293. The van der Waals surface area contributed by atoms with Gasteiger partial charge in [-0.2, -0.15) is 0 Å². The average Bonchev–Trinajstić information content (AvgIpc) is 2.28. The van der Waals surface area contributed by atoms with Crippen LogP contribution in [0.15, 0.2) is 18.3 Å². The summed E-state index contributed by atoms with van der Waals surface area (Å²) in [5, 5.41) is 0. The summed E-state index contributed by atoms with van der Waals surface area (Å²) >= 11 is 0. The van der Waals surface area contributed by atoms with E-state index in [2.05, 4.69) is 4.98 Å². The van der Waals surface area contributed by atoms with Crippen molar-refractivity contribution in [3.63, 3.8) is 0 Å². The highest BCUT2D eigenvalue weighted by Gasteiger charge is 2.08. The van der Waals surface area contributed by atoms with Gasteiger partial charge in [0.1, 0.15) is 0 Å². The summed E-state index contributed by atoms with van der Waals surface area (Å²) in [6.07, 6.45) is 2.63. The van der Waals surface area contributed by atoms with E-state index in [1.165, 1.54) is 0 Å². The number of hydrogen-bond donors (Lipinski definition) is 0.